The van der Waals surface area contributed by atoms with Gasteiger partial charge in [0.15, 0.2) is 5.16 Å². The number of ether oxygens (including phenoxy) is 1. The van der Waals surface area contributed by atoms with Crippen molar-refractivity contribution in [3.8, 4) is 0 Å². The van der Waals surface area contributed by atoms with Gasteiger partial charge in [0.25, 0.3) is 0 Å². The number of nitrogens with zero attached hydrogens (tertiary/aromatic N) is 5. The van der Waals surface area contributed by atoms with Crippen LogP contribution in [0.1, 0.15) is 54.2 Å². The SMILES string of the molecule is COCC(C)(C)N1C[C@@H](c2ccccc2)N(C2CCN(Cc3cnc(Sc4ccc(C(=O)O)cc4)nc3)CC2)C1=O. The van der Waals surface area contributed by atoms with E-state index in [1.54, 1.807) is 31.4 Å². The normalized spacial score (nSPS) is 18.7. The summed E-state index contributed by atoms with van der Waals surface area (Å²) in [6, 6.07) is 17.3. The van der Waals surface area contributed by atoms with Crippen molar-refractivity contribution in [3.05, 3.63) is 83.7 Å². The fourth-order valence-corrected chi connectivity index (χ4v) is 6.46. The second-order valence-electron chi connectivity index (χ2n) is 11.3. The van der Waals surface area contributed by atoms with E-state index in [1.807, 2.05) is 35.5 Å². The molecule has 5 rings (SSSR count). The summed E-state index contributed by atoms with van der Waals surface area (Å²) in [6.45, 7) is 7.84. The summed E-state index contributed by atoms with van der Waals surface area (Å²) in [5, 5.41) is 9.69. The number of benzene rings is 2. The van der Waals surface area contributed by atoms with Crippen molar-refractivity contribution in [1.82, 2.24) is 24.7 Å². The predicted molar refractivity (Wildman–Crippen MR) is 157 cm³/mol. The van der Waals surface area contributed by atoms with Crippen LogP contribution in [0.2, 0.25) is 0 Å². The van der Waals surface area contributed by atoms with Gasteiger partial charge in [-0.15, -0.1) is 0 Å². The Bertz CT molecular complexity index is 1330. The molecular weight excluding hydrogens is 538 g/mol. The first-order chi connectivity index (χ1) is 19.7. The van der Waals surface area contributed by atoms with E-state index in [0.29, 0.717) is 18.3 Å². The summed E-state index contributed by atoms with van der Waals surface area (Å²) < 4.78 is 5.46. The number of carbonyl (C=O) groups excluding carboxylic acids is 1. The molecule has 9 nitrogen and oxygen atoms in total. The smallest absolute Gasteiger partial charge is 0.335 e. The molecule has 0 saturated carbocycles. The highest BCUT2D eigenvalue weighted by Crippen LogP contribution is 2.38. The standard InChI is InChI=1S/C31H37N5O4S/c1-31(2,21-40-3)35-20-27(23-7-5-4-6-8-23)36(30(35)39)25-13-15-34(16-14-25)19-22-17-32-29(33-18-22)41-26-11-9-24(10-12-26)28(37)38/h4-12,17-18,25,27H,13-16,19-21H2,1-3H3,(H,37,38)/t27-/m0/s1. The van der Waals surface area contributed by atoms with Crippen LogP contribution in [-0.4, -0.2) is 86.7 Å². The van der Waals surface area contributed by atoms with E-state index in [9.17, 15) is 9.59 Å². The maximum absolute atomic E-state index is 13.8. The van der Waals surface area contributed by atoms with Crippen molar-refractivity contribution < 1.29 is 19.4 Å². The van der Waals surface area contributed by atoms with Gasteiger partial charge in [0.1, 0.15) is 0 Å². The number of hydrogen-bond donors (Lipinski definition) is 1. The average molecular weight is 576 g/mol. The first kappa shape index (κ1) is 29.0. The Kier molecular flexibility index (Phi) is 8.91. The number of likely N-dealkylation sites (tertiary alicyclic amines) is 1. The van der Waals surface area contributed by atoms with Crippen LogP contribution in [0.15, 0.2) is 77.0 Å². The molecule has 216 valence electrons. The molecule has 2 aromatic carbocycles. The van der Waals surface area contributed by atoms with E-state index in [2.05, 4.69) is 45.7 Å². The molecule has 3 heterocycles. The quantitative estimate of drug-likeness (QED) is 0.330. The molecule has 10 heteroatoms. The molecule has 1 N–H and O–H groups in total. The number of piperidine rings is 1. The Morgan fingerprint density at radius 1 is 1.05 bits per heavy atom. The van der Waals surface area contributed by atoms with E-state index in [-0.39, 0.29) is 29.2 Å². The summed E-state index contributed by atoms with van der Waals surface area (Å²) >= 11 is 1.40. The Labute approximate surface area is 245 Å². The highest BCUT2D eigenvalue weighted by Gasteiger charge is 2.47. The maximum atomic E-state index is 13.8. The van der Waals surface area contributed by atoms with Gasteiger partial charge in [0.05, 0.1) is 23.8 Å². The summed E-state index contributed by atoms with van der Waals surface area (Å²) in [5.74, 6) is -0.942. The molecule has 0 radical (unpaired) electrons. The van der Waals surface area contributed by atoms with Gasteiger partial charge in [0.2, 0.25) is 0 Å². The van der Waals surface area contributed by atoms with E-state index in [0.717, 1.165) is 42.9 Å². The predicted octanol–water partition coefficient (Wildman–Crippen LogP) is 5.19. The van der Waals surface area contributed by atoms with E-state index >= 15 is 0 Å². The van der Waals surface area contributed by atoms with Crippen molar-refractivity contribution in [2.24, 2.45) is 0 Å². The van der Waals surface area contributed by atoms with Crippen LogP contribution >= 0.6 is 11.8 Å². The first-order valence-electron chi connectivity index (χ1n) is 13.9. The van der Waals surface area contributed by atoms with E-state index < -0.39 is 5.97 Å². The zero-order valence-electron chi connectivity index (χ0n) is 23.8. The van der Waals surface area contributed by atoms with Crippen molar-refractivity contribution >= 4 is 23.8 Å². The summed E-state index contributed by atoms with van der Waals surface area (Å²) in [6.07, 6.45) is 5.54. The topological polar surface area (TPSA) is 99.1 Å². The van der Waals surface area contributed by atoms with Gasteiger partial charge in [-0.2, -0.15) is 0 Å². The van der Waals surface area contributed by atoms with Crippen LogP contribution in [0.3, 0.4) is 0 Å². The molecule has 0 aliphatic carbocycles. The molecule has 1 atom stereocenters. The summed E-state index contributed by atoms with van der Waals surface area (Å²) in [7, 11) is 1.68. The molecule has 2 saturated heterocycles. The number of urea groups is 1. The average Bonchev–Trinajstić information content (AvgIpc) is 3.33. The highest BCUT2D eigenvalue weighted by molar-refractivity contribution is 7.99. The lowest BCUT2D eigenvalue weighted by Gasteiger charge is -2.39. The minimum atomic E-state index is -0.942. The monoisotopic (exact) mass is 575 g/mol. The van der Waals surface area contributed by atoms with Crippen LogP contribution in [0, 0.1) is 0 Å². The van der Waals surface area contributed by atoms with Crippen LogP contribution in [0.4, 0.5) is 4.79 Å². The Hall–Kier alpha value is -3.47. The van der Waals surface area contributed by atoms with Gasteiger partial charge >= 0.3 is 12.0 Å². The molecular formula is C31H37N5O4S. The molecule has 41 heavy (non-hydrogen) atoms. The van der Waals surface area contributed by atoms with Crippen molar-refractivity contribution in [3.63, 3.8) is 0 Å². The number of aromatic nitrogens is 2. The fourth-order valence-electron chi connectivity index (χ4n) is 5.76. The summed E-state index contributed by atoms with van der Waals surface area (Å²) in [4.78, 5) is 41.3. The first-order valence-corrected chi connectivity index (χ1v) is 14.7. The largest absolute Gasteiger partial charge is 0.478 e. The molecule has 2 amide bonds. The van der Waals surface area contributed by atoms with Gasteiger partial charge in [0, 0.05) is 62.2 Å². The van der Waals surface area contributed by atoms with Crippen LogP contribution < -0.4 is 0 Å². The lowest BCUT2D eigenvalue weighted by molar-refractivity contribution is 0.0609. The number of carboxylic acids is 1. The van der Waals surface area contributed by atoms with Crippen LogP contribution in [0.25, 0.3) is 0 Å². The number of rotatable bonds is 10. The molecule has 2 aliphatic rings. The lowest BCUT2D eigenvalue weighted by Crippen LogP contribution is -2.52. The number of hydrogen-bond acceptors (Lipinski definition) is 7. The molecule has 0 unspecified atom stereocenters. The van der Waals surface area contributed by atoms with Crippen molar-refractivity contribution in [2.75, 3.05) is 33.4 Å². The molecule has 3 aromatic rings. The third-order valence-electron chi connectivity index (χ3n) is 7.90. The molecule has 0 bridgehead atoms. The minimum absolute atomic E-state index is 0.0233. The third-order valence-corrected chi connectivity index (χ3v) is 8.81. The fraction of sp³-hybridized carbons (Fsp3) is 0.419. The van der Waals surface area contributed by atoms with Gasteiger partial charge in [-0.25, -0.2) is 19.6 Å². The van der Waals surface area contributed by atoms with Crippen LogP contribution in [-0.2, 0) is 11.3 Å². The van der Waals surface area contributed by atoms with E-state index in [4.69, 9.17) is 9.84 Å². The van der Waals surface area contributed by atoms with Crippen molar-refractivity contribution in [1.29, 1.82) is 0 Å². The van der Waals surface area contributed by atoms with Crippen molar-refractivity contribution in [2.45, 2.75) is 60.9 Å². The zero-order valence-corrected chi connectivity index (χ0v) is 24.6. The Balaban J connectivity index is 1.20. The van der Waals surface area contributed by atoms with Gasteiger partial charge < -0.3 is 19.6 Å². The number of aromatic carboxylic acids is 1. The summed E-state index contributed by atoms with van der Waals surface area (Å²) in [5.41, 5.74) is 2.08. The molecule has 0 spiro atoms. The molecule has 2 fully saturated rings. The zero-order chi connectivity index (χ0) is 29.0. The lowest BCUT2D eigenvalue weighted by atomic mass is 9.98. The van der Waals surface area contributed by atoms with Gasteiger partial charge in [-0.05, 0) is 68.3 Å². The number of carbonyl (C=O) groups is 2. The molecule has 1 aromatic heterocycles. The maximum Gasteiger partial charge on any atom is 0.335 e. The van der Waals surface area contributed by atoms with Crippen LogP contribution in [0.5, 0.6) is 0 Å². The second-order valence-corrected chi connectivity index (χ2v) is 12.3. The number of carboxylic acid groups (broad SMARTS) is 1. The Morgan fingerprint density at radius 2 is 1.71 bits per heavy atom. The Morgan fingerprint density at radius 3 is 2.32 bits per heavy atom. The third kappa shape index (κ3) is 6.72. The highest BCUT2D eigenvalue weighted by atomic mass is 32.2. The van der Waals surface area contributed by atoms with Gasteiger partial charge in [-0.3, -0.25) is 4.90 Å². The van der Waals surface area contributed by atoms with Gasteiger partial charge in [-0.1, -0.05) is 30.3 Å². The number of amides is 2. The number of methoxy groups -OCH3 is 1. The minimum Gasteiger partial charge on any atom is -0.478 e. The second kappa shape index (κ2) is 12.6. The molecule has 2 aliphatic heterocycles. The van der Waals surface area contributed by atoms with E-state index in [1.165, 1.54) is 17.3 Å².